The van der Waals surface area contributed by atoms with Crippen LogP contribution in [-0.2, 0) is 9.59 Å². The highest BCUT2D eigenvalue weighted by molar-refractivity contribution is 5.79. The van der Waals surface area contributed by atoms with Crippen LogP contribution < -0.4 is 0 Å². The Morgan fingerprint density at radius 2 is 1.42 bits per heavy atom. The Kier molecular flexibility index (Phi) is 10.8. The molecule has 0 amide bonds. The van der Waals surface area contributed by atoms with Gasteiger partial charge in [-0.25, -0.2) is 0 Å². The van der Waals surface area contributed by atoms with Gasteiger partial charge in [-0.3, -0.25) is 9.59 Å². The van der Waals surface area contributed by atoms with E-state index in [9.17, 15) is 14.7 Å². The van der Waals surface area contributed by atoms with Crippen molar-refractivity contribution in [1.29, 1.82) is 0 Å². The molecule has 0 spiro atoms. The van der Waals surface area contributed by atoms with E-state index in [1.165, 1.54) is 96.3 Å². The Bertz CT molecular complexity index is 778. The summed E-state index contributed by atoms with van der Waals surface area (Å²) in [6, 6.07) is 0. The van der Waals surface area contributed by atoms with Crippen molar-refractivity contribution in [2.45, 2.75) is 161 Å². The molecule has 4 nitrogen and oxygen atoms in total. The summed E-state index contributed by atoms with van der Waals surface area (Å²) >= 11 is 0. The van der Waals surface area contributed by atoms with Crippen LogP contribution in [0.5, 0.6) is 0 Å². The van der Waals surface area contributed by atoms with Crippen LogP contribution in [0.1, 0.15) is 155 Å². The standard InChI is InChI=1S/C34H58O4/c1-33-22-21-27(35)23-26(33)17-18-28-29-19-20-30(36)34(29,2)24-25(32(28)33)15-13-11-9-7-5-3-4-6-8-10-12-14-16-31(37)38/h25-26,28-30,32,36H,3-24H2,1-2H3,(H,37,38)/t25-,26-,28-,29-,30-,32-,33-,34-/m0/s1. The van der Waals surface area contributed by atoms with Gasteiger partial charge in [0, 0.05) is 19.3 Å². The van der Waals surface area contributed by atoms with E-state index in [4.69, 9.17) is 5.11 Å². The predicted molar refractivity (Wildman–Crippen MR) is 154 cm³/mol. The quantitative estimate of drug-likeness (QED) is 0.208. The average molecular weight is 531 g/mol. The van der Waals surface area contributed by atoms with Crippen molar-refractivity contribution >= 4 is 11.8 Å². The number of unbranched alkanes of at least 4 members (excludes halogenated alkanes) is 11. The Balaban J connectivity index is 1.18. The molecule has 4 rings (SSSR count). The van der Waals surface area contributed by atoms with Crippen molar-refractivity contribution in [3.63, 3.8) is 0 Å². The first kappa shape index (κ1) is 30.1. The van der Waals surface area contributed by atoms with Crippen LogP contribution in [0.2, 0.25) is 0 Å². The zero-order valence-electron chi connectivity index (χ0n) is 24.7. The fourth-order valence-corrected chi connectivity index (χ4v) is 10.2. The van der Waals surface area contributed by atoms with Gasteiger partial charge in [0.25, 0.3) is 0 Å². The third-order valence-corrected chi connectivity index (χ3v) is 12.2. The third-order valence-electron chi connectivity index (χ3n) is 12.2. The van der Waals surface area contributed by atoms with Gasteiger partial charge in [-0.05, 0) is 85.4 Å². The van der Waals surface area contributed by atoms with Gasteiger partial charge in [-0.15, -0.1) is 0 Å². The highest BCUT2D eigenvalue weighted by atomic mass is 16.4. The molecule has 0 radical (unpaired) electrons. The van der Waals surface area contributed by atoms with Crippen LogP contribution in [0.15, 0.2) is 0 Å². The lowest BCUT2D eigenvalue weighted by atomic mass is 9.42. The summed E-state index contributed by atoms with van der Waals surface area (Å²) in [6.45, 7) is 4.99. The van der Waals surface area contributed by atoms with E-state index in [1.807, 2.05) is 0 Å². The number of aliphatic hydroxyl groups excluding tert-OH is 1. The Morgan fingerprint density at radius 1 is 0.816 bits per heavy atom. The molecule has 218 valence electrons. The van der Waals surface area contributed by atoms with Gasteiger partial charge < -0.3 is 10.2 Å². The van der Waals surface area contributed by atoms with E-state index >= 15 is 0 Å². The minimum atomic E-state index is -0.665. The fourth-order valence-electron chi connectivity index (χ4n) is 10.2. The van der Waals surface area contributed by atoms with E-state index in [1.54, 1.807) is 0 Å². The van der Waals surface area contributed by atoms with Crippen LogP contribution in [0.3, 0.4) is 0 Å². The number of hydrogen-bond donors (Lipinski definition) is 2. The maximum atomic E-state index is 12.4. The van der Waals surface area contributed by atoms with Crippen molar-refractivity contribution in [2.75, 3.05) is 0 Å². The number of ketones is 1. The van der Waals surface area contributed by atoms with Crippen molar-refractivity contribution in [3.05, 3.63) is 0 Å². The van der Waals surface area contributed by atoms with Gasteiger partial charge in [-0.2, -0.15) is 0 Å². The smallest absolute Gasteiger partial charge is 0.303 e. The lowest BCUT2D eigenvalue weighted by Crippen LogP contribution is -2.57. The van der Waals surface area contributed by atoms with Crippen molar-refractivity contribution in [1.82, 2.24) is 0 Å². The highest BCUT2D eigenvalue weighted by Gasteiger charge is 2.62. The molecule has 38 heavy (non-hydrogen) atoms. The number of Topliss-reactive ketones (excluding diaryl/α,β-unsaturated/α-hetero) is 1. The normalized spacial score (nSPS) is 38.4. The molecule has 4 aliphatic carbocycles. The molecule has 0 aliphatic heterocycles. The SMILES string of the molecule is C[C@]12CCC(=O)C[C@@H]1CC[C@@H]1[C@@H]2[C@@H](CCCCCCCCCCCCCCC(=O)O)C[C@]2(C)[C@@H](O)CC[C@@H]12. The van der Waals surface area contributed by atoms with E-state index in [-0.39, 0.29) is 11.5 Å². The number of carbonyl (C=O) groups excluding carboxylic acids is 1. The molecule has 4 heteroatoms. The first-order valence-electron chi connectivity index (χ1n) is 16.7. The summed E-state index contributed by atoms with van der Waals surface area (Å²) in [5.41, 5.74) is 0.461. The Labute approximate surface area is 233 Å². The topological polar surface area (TPSA) is 74.6 Å². The largest absolute Gasteiger partial charge is 0.481 e. The second-order valence-corrected chi connectivity index (χ2v) is 14.6. The lowest BCUT2D eigenvalue weighted by molar-refractivity contribution is -0.159. The monoisotopic (exact) mass is 530 g/mol. The Morgan fingerprint density at radius 3 is 2.05 bits per heavy atom. The number of rotatable bonds is 15. The van der Waals surface area contributed by atoms with Crippen molar-refractivity contribution < 1.29 is 19.8 Å². The molecule has 4 fully saturated rings. The molecular formula is C34H58O4. The molecule has 4 saturated carbocycles. The number of carboxylic acid groups (broad SMARTS) is 1. The van der Waals surface area contributed by atoms with Gasteiger partial charge in [0.05, 0.1) is 6.10 Å². The molecule has 0 saturated heterocycles. The second kappa shape index (κ2) is 13.6. The number of carboxylic acids is 1. The summed E-state index contributed by atoms with van der Waals surface area (Å²) in [5, 5.41) is 19.8. The van der Waals surface area contributed by atoms with E-state index < -0.39 is 5.97 Å². The molecule has 0 bridgehead atoms. The van der Waals surface area contributed by atoms with Crippen LogP contribution in [0, 0.1) is 40.4 Å². The number of aliphatic hydroxyl groups is 1. The van der Waals surface area contributed by atoms with Crippen LogP contribution in [-0.4, -0.2) is 28.1 Å². The first-order valence-corrected chi connectivity index (χ1v) is 16.7. The molecule has 0 aromatic heterocycles. The van der Waals surface area contributed by atoms with E-state index in [0.29, 0.717) is 29.5 Å². The molecule has 8 atom stereocenters. The zero-order valence-corrected chi connectivity index (χ0v) is 24.7. The molecule has 0 aromatic rings. The van der Waals surface area contributed by atoms with Crippen LogP contribution in [0.4, 0.5) is 0 Å². The zero-order chi connectivity index (χ0) is 27.2. The van der Waals surface area contributed by atoms with Crippen LogP contribution >= 0.6 is 0 Å². The summed E-state index contributed by atoms with van der Waals surface area (Å²) < 4.78 is 0. The molecule has 0 unspecified atom stereocenters. The number of aliphatic carboxylic acids is 1. The molecule has 0 heterocycles. The highest BCUT2D eigenvalue weighted by Crippen LogP contribution is 2.68. The Hall–Kier alpha value is -0.900. The first-order chi connectivity index (χ1) is 18.3. The summed E-state index contributed by atoms with van der Waals surface area (Å²) in [5.74, 6) is 3.40. The van der Waals surface area contributed by atoms with Crippen molar-refractivity contribution in [2.24, 2.45) is 40.4 Å². The van der Waals surface area contributed by atoms with Gasteiger partial charge in [0.2, 0.25) is 0 Å². The fraction of sp³-hybridized carbons (Fsp3) is 0.941. The minimum Gasteiger partial charge on any atom is -0.481 e. The number of carbonyl (C=O) groups is 2. The van der Waals surface area contributed by atoms with E-state index in [2.05, 4.69) is 13.8 Å². The lowest BCUT2D eigenvalue weighted by Gasteiger charge is -2.62. The summed E-state index contributed by atoms with van der Waals surface area (Å²) in [6.07, 6.45) is 25.3. The minimum absolute atomic E-state index is 0.112. The second-order valence-electron chi connectivity index (χ2n) is 14.6. The molecule has 2 N–H and O–H groups in total. The van der Waals surface area contributed by atoms with Crippen LogP contribution in [0.25, 0.3) is 0 Å². The molecule has 0 aromatic carbocycles. The third kappa shape index (κ3) is 6.87. The van der Waals surface area contributed by atoms with Gasteiger partial charge in [-0.1, -0.05) is 90.9 Å². The van der Waals surface area contributed by atoms with Gasteiger partial charge in [0.15, 0.2) is 0 Å². The molecule has 4 aliphatic rings. The van der Waals surface area contributed by atoms with E-state index in [0.717, 1.165) is 56.3 Å². The molecular weight excluding hydrogens is 472 g/mol. The average Bonchev–Trinajstić information content (AvgIpc) is 3.18. The summed E-state index contributed by atoms with van der Waals surface area (Å²) in [4.78, 5) is 22.9. The summed E-state index contributed by atoms with van der Waals surface area (Å²) in [7, 11) is 0. The maximum Gasteiger partial charge on any atom is 0.303 e. The van der Waals surface area contributed by atoms with Gasteiger partial charge in [0.1, 0.15) is 5.78 Å². The maximum absolute atomic E-state index is 12.4. The predicted octanol–water partition coefficient (Wildman–Crippen LogP) is 8.73. The van der Waals surface area contributed by atoms with Crippen molar-refractivity contribution in [3.8, 4) is 0 Å². The number of hydrogen-bond acceptors (Lipinski definition) is 3. The van der Waals surface area contributed by atoms with Gasteiger partial charge >= 0.3 is 5.97 Å². The number of fused-ring (bicyclic) bond motifs is 5.